The van der Waals surface area contributed by atoms with E-state index in [2.05, 4.69) is 17.0 Å². The number of nitrogens with one attached hydrogen (secondary N) is 1. The molecule has 17 heavy (non-hydrogen) atoms. The van der Waals surface area contributed by atoms with Crippen molar-refractivity contribution >= 4 is 12.0 Å². The smallest absolute Gasteiger partial charge is 0.292 e. The van der Waals surface area contributed by atoms with Gasteiger partial charge in [0.25, 0.3) is 5.56 Å². The summed E-state index contributed by atoms with van der Waals surface area (Å²) < 4.78 is 1.02. The minimum atomic E-state index is -0.434. The number of nitrogens with zero attached hydrogens (tertiary/aromatic N) is 3. The van der Waals surface area contributed by atoms with Crippen LogP contribution in [-0.2, 0) is 7.05 Å². The Hall–Kier alpha value is -1.85. The molecule has 0 fully saturated rings. The highest BCUT2D eigenvalue weighted by molar-refractivity contribution is 5.59. The van der Waals surface area contributed by atoms with Crippen molar-refractivity contribution in [3.63, 3.8) is 0 Å². The fourth-order valence-electron chi connectivity index (χ4n) is 1.28. The molecule has 6 heteroatoms. The van der Waals surface area contributed by atoms with Crippen molar-refractivity contribution in [2.75, 3.05) is 11.6 Å². The van der Waals surface area contributed by atoms with Gasteiger partial charge in [0.05, 0.1) is 0 Å². The van der Waals surface area contributed by atoms with E-state index in [9.17, 15) is 9.59 Å². The normalized spacial score (nSPS) is 11.0. The molecule has 0 atom stereocenters. The van der Waals surface area contributed by atoms with Gasteiger partial charge in [0.2, 0.25) is 0 Å². The first-order valence-electron chi connectivity index (χ1n) is 5.70. The van der Waals surface area contributed by atoms with Crippen molar-refractivity contribution in [2.24, 2.45) is 12.1 Å². The van der Waals surface area contributed by atoms with Crippen molar-refractivity contribution in [3.05, 3.63) is 26.9 Å². The summed E-state index contributed by atoms with van der Waals surface area (Å²) in [5.74, 6) is 0.424. The standard InChI is InChI=1S/C11H18N4O2/c1-4-6-7-12-15(5-2)9-8-10(16)14(3)11(17)13-9/h7-8H,4-6H2,1-3H3,(H,13,17)/b12-7-. The molecule has 1 aromatic heterocycles. The molecule has 0 spiro atoms. The van der Waals surface area contributed by atoms with Crippen molar-refractivity contribution in [2.45, 2.75) is 26.7 Å². The van der Waals surface area contributed by atoms with E-state index in [4.69, 9.17) is 0 Å². The number of rotatable bonds is 5. The predicted octanol–water partition coefficient (Wildman–Crippen LogP) is 0.686. The highest BCUT2D eigenvalue weighted by Crippen LogP contribution is 2.05. The Morgan fingerprint density at radius 2 is 2.18 bits per heavy atom. The number of hydrazone groups is 1. The van der Waals surface area contributed by atoms with Gasteiger partial charge in [-0.05, 0) is 13.3 Å². The molecule has 0 saturated heterocycles. The monoisotopic (exact) mass is 238 g/mol. The molecule has 0 saturated carbocycles. The Morgan fingerprint density at radius 3 is 2.71 bits per heavy atom. The van der Waals surface area contributed by atoms with Crippen LogP contribution in [-0.4, -0.2) is 22.3 Å². The Balaban J connectivity index is 3.05. The summed E-state index contributed by atoms with van der Waals surface area (Å²) in [6.45, 7) is 4.55. The highest BCUT2D eigenvalue weighted by Gasteiger charge is 2.06. The van der Waals surface area contributed by atoms with E-state index in [1.165, 1.54) is 13.1 Å². The molecule has 0 amide bonds. The molecule has 0 radical (unpaired) electrons. The third-order valence-electron chi connectivity index (χ3n) is 2.35. The molecule has 0 aliphatic rings. The summed E-state index contributed by atoms with van der Waals surface area (Å²) in [5, 5.41) is 5.80. The average Bonchev–Trinajstić information content (AvgIpc) is 2.31. The zero-order chi connectivity index (χ0) is 12.8. The maximum Gasteiger partial charge on any atom is 0.329 e. The summed E-state index contributed by atoms with van der Waals surface area (Å²) in [7, 11) is 1.43. The van der Waals surface area contributed by atoms with Crippen molar-refractivity contribution in [3.8, 4) is 0 Å². The topological polar surface area (TPSA) is 70.5 Å². The van der Waals surface area contributed by atoms with Crippen LogP contribution in [0.15, 0.2) is 20.8 Å². The minimum Gasteiger partial charge on any atom is -0.292 e. The number of unbranched alkanes of at least 4 members (excludes halogenated alkanes) is 1. The quantitative estimate of drug-likeness (QED) is 0.606. The Kier molecular flexibility index (Phi) is 4.68. The molecular formula is C11H18N4O2. The maximum absolute atomic E-state index is 11.5. The largest absolute Gasteiger partial charge is 0.329 e. The van der Waals surface area contributed by atoms with Gasteiger partial charge in [-0.1, -0.05) is 13.3 Å². The highest BCUT2D eigenvalue weighted by atomic mass is 16.2. The zero-order valence-electron chi connectivity index (χ0n) is 10.4. The number of hydrogen-bond donors (Lipinski definition) is 1. The maximum atomic E-state index is 11.5. The van der Waals surface area contributed by atoms with Gasteiger partial charge < -0.3 is 0 Å². The Labute approximate surface area is 99.6 Å². The lowest BCUT2D eigenvalue weighted by atomic mass is 10.4. The number of anilines is 1. The summed E-state index contributed by atoms with van der Waals surface area (Å²) >= 11 is 0. The average molecular weight is 238 g/mol. The molecule has 1 N–H and O–H groups in total. The first-order valence-corrected chi connectivity index (χ1v) is 5.70. The van der Waals surface area contributed by atoms with Gasteiger partial charge in [0.1, 0.15) is 5.82 Å². The van der Waals surface area contributed by atoms with Gasteiger partial charge in [0, 0.05) is 25.9 Å². The number of hydrogen-bond acceptors (Lipinski definition) is 4. The van der Waals surface area contributed by atoms with Crippen molar-refractivity contribution in [1.29, 1.82) is 0 Å². The van der Waals surface area contributed by atoms with Crippen LogP contribution >= 0.6 is 0 Å². The first-order chi connectivity index (χ1) is 8.10. The van der Waals surface area contributed by atoms with Gasteiger partial charge in [-0.2, -0.15) is 5.10 Å². The second kappa shape index (κ2) is 6.03. The van der Waals surface area contributed by atoms with Crippen LogP contribution in [0.2, 0.25) is 0 Å². The van der Waals surface area contributed by atoms with Gasteiger partial charge in [-0.25, -0.2) is 9.80 Å². The van der Waals surface area contributed by atoms with Gasteiger partial charge in [-0.3, -0.25) is 14.3 Å². The molecule has 0 bridgehead atoms. The lowest BCUT2D eigenvalue weighted by Crippen LogP contribution is -2.34. The fraction of sp³-hybridized carbons (Fsp3) is 0.545. The fourth-order valence-corrected chi connectivity index (χ4v) is 1.28. The molecule has 1 rings (SSSR count). The van der Waals surface area contributed by atoms with E-state index < -0.39 is 5.69 Å². The van der Waals surface area contributed by atoms with Crippen LogP contribution in [0.25, 0.3) is 0 Å². The molecule has 6 nitrogen and oxygen atoms in total. The zero-order valence-corrected chi connectivity index (χ0v) is 10.4. The first kappa shape index (κ1) is 13.2. The van der Waals surface area contributed by atoms with Crippen LogP contribution in [0.1, 0.15) is 26.7 Å². The predicted molar refractivity (Wildman–Crippen MR) is 68.7 cm³/mol. The lowest BCUT2D eigenvalue weighted by Gasteiger charge is -2.15. The molecule has 0 unspecified atom stereocenters. The van der Waals surface area contributed by atoms with Gasteiger partial charge in [-0.15, -0.1) is 0 Å². The molecule has 0 aliphatic heterocycles. The summed E-state index contributed by atoms with van der Waals surface area (Å²) in [6, 6.07) is 1.37. The molecule has 94 valence electrons. The Morgan fingerprint density at radius 1 is 1.47 bits per heavy atom. The van der Waals surface area contributed by atoms with Gasteiger partial charge in [0.15, 0.2) is 0 Å². The van der Waals surface area contributed by atoms with Crippen molar-refractivity contribution < 1.29 is 0 Å². The van der Waals surface area contributed by atoms with E-state index in [0.29, 0.717) is 12.4 Å². The second-order valence-electron chi connectivity index (χ2n) is 3.66. The molecule has 0 aliphatic carbocycles. The van der Waals surface area contributed by atoms with Crippen LogP contribution in [0.5, 0.6) is 0 Å². The van der Waals surface area contributed by atoms with E-state index in [1.54, 1.807) is 11.2 Å². The van der Waals surface area contributed by atoms with E-state index in [-0.39, 0.29) is 5.56 Å². The Bertz CT molecular complexity index is 470. The third-order valence-corrected chi connectivity index (χ3v) is 2.35. The molecular weight excluding hydrogens is 220 g/mol. The molecule has 0 aromatic carbocycles. The second-order valence-corrected chi connectivity index (χ2v) is 3.66. The lowest BCUT2D eigenvalue weighted by molar-refractivity contribution is 0.755. The van der Waals surface area contributed by atoms with E-state index in [1.807, 2.05) is 6.92 Å². The number of aromatic nitrogens is 2. The van der Waals surface area contributed by atoms with E-state index >= 15 is 0 Å². The minimum absolute atomic E-state index is 0.340. The van der Waals surface area contributed by atoms with Gasteiger partial charge >= 0.3 is 5.69 Å². The van der Waals surface area contributed by atoms with Crippen LogP contribution in [0, 0.1) is 0 Å². The molecule has 1 aromatic rings. The van der Waals surface area contributed by atoms with Crippen LogP contribution in [0.4, 0.5) is 5.82 Å². The van der Waals surface area contributed by atoms with Crippen LogP contribution < -0.4 is 16.3 Å². The van der Waals surface area contributed by atoms with Crippen molar-refractivity contribution in [1.82, 2.24) is 9.55 Å². The number of H-pyrrole nitrogens is 1. The van der Waals surface area contributed by atoms with Crippen LogP contribution in [0.3, 0.4) is 0 Å². The summed E-state index contributed by atoms with van der Waals surface area (Å²) in [6.07, 6.45) is 3.65. The summed E-state index contributed by atoms with van der Waals surface area (Å²) in [5.41, 5.74) is -0.774. The third kappa shape index (κ3) is 3.30. The molecule has 1 heterocycles. The van der Waals surface area contributed by atoms with E-state index in [0.717, 1.165) is 17.4 Å². The SMILES string of the molecule is CCC/C=N\N(CC)c1cc(=O)n(C)c(=O)[nH]1. The number of aromatic amines is 1. The summed E-state index contributed by atoms with van der Waals surface area (Å²) in [4.78, 5) is 25.5.